The van der Waals surface area contributed by atoms with Crippen LogP contribution in [-0.2, 0) is 4.79 Å². The molecule has 5 N–H and O–H groups in total. The van der Waals surface area contributed by atoms with E-state index in [0.29, 0.717) is 41.3 Å². The van der Waals surface area contributed by atoms with Crippen LogP contribution in [0.1, 0.15) is 74.5 Å². The maximum Gasteiger partial charge on any atom is 0.405 e. The summed E-state index contributed by atoms with van der Waals surface area (Å²) in [4.78, 5) is 41.9. The molecule has 0 saturated carbocycles. The molecule has 11 heteroatoms. The van der Waals surface area contributed by atoms with Gasteiger partial charge in [-0.15, -0.1) is 0 Å². The zero-order valence-corrected chi connectivity index (χ0v) is 26.2. The van der Waals surface area contributed by atoms with Crippen molar-refractivity contribution >= 4 is 12.0 Å². The second-order valence-electron chi connectivity index (χ2n) is 12.1. The Hall–Kier alpha value is -5.39. The molecule has 2 aliphatic rings. The van der Waals surface area contributed by atoms with Crippen LogP contribution in [-0.4, -0.2) is 61.1 Å². The van der Waals surface area contributed by atoms with Crippen molar-refractivity contribution in [2.75, 3.05) is 13.1 Å². The molecular formula is C36H36FN7O3. The minimum Gasteiger partial charge on any atom is -0.465 e. The van der Waals surface area contributed by atoms with Gasteiger partial charge in [0, 0.05) is 17.7 Å². The molecule has 0 bridgehead atoms. The number of H-pyrrole nitrogens is 2. The smallest absolute Gasteiger partial charge is 0.405 e. The quantitative estimate of drug-likeness (QED) is 0.173. The lowest BCUT2D eigenvalue weighted by molar-refractivity contribution is -0.135. The van der Waals surface area contributed by atoms with Gasteiger partial charge in [0.05, 0.1) is 35.7 Å². The molecule has 6 rings (SSSR count). The number of hydrogen-bond donors (Lipinski definition) is 5. The topological polar surface area (TPSA) is 139 Å². The van der Waals surface area contributed by atoms with Crippen LogP contribution in [0.4, 0.5) is 9.18 Å². The predicted molar refractivity (Wildman–Crippen MR) is 175 cm³/mol. The summed E-state index contributed by atoms with van der Waals surface area (Å²) in [6, 6.07) is 11.7. The third-order valence-corrected chi connectivity index (χ3v) is 8.58. The monoisotopic (exact) mass is 633 g/mol. The fourth-order valence-electron chi connectivity index (χ4n) is 6.21. The molecule has 10 nitrogen and oxygen atoms in total. The van der Waals surface area contributed by atoms with Gasteiger partial charge in [0.25, 0.3) is 0 Å². The Bertz CT molecular complexity index is 1890. The summed E-state index contributed by atoms with van der Waals surface area (Å²) < 4.78 is 15.8. The Morgan fingerprint density at radius 3 is 2.53 bits per heavy atom. The molecule has 2 amide bonds. The minimum atomic E-state index is -1.24. The average molecular weight is 634 g/mol. The predicted octanol–water partition coefficient (Wildman–Crippen LogP) is 5.39. The summed E-state index contributed by atoms with van der Waals surface area (Å²) in [6.45, 7) is 5.07. The normalized spacial score (nSPS) is 17.9. The van der Waals surface area contributed by atoms with E-state index < -0.39 is 18.0 Å². The summed E-state index contributed by atoms with van der Waals surface area (Å²) in [6.07, 6.45) is 5.64. The molecular weight excluding hydrogens is 597 g/mol. The first kappa shape index (κ1) is 31.6. The number of amides is 2. The summed E-state index contributed by atoms with van der Waals surface area (Å²) >= 11 is 0. The molecule has 3 atom stereocenters. The molecule has 4 aromatic rings. The molecule has 2 saturated heterocycles. The summed E-state index contributed by atoms with van der Waals surface area (Å²) in [7, 11) is 0. The van der Waals surface area contributed by atoms with Crippen molar-refractivity contribution in [3.63, 3.8) is 0 Å². The number of aromatic nitrogens is 4. The van der Waals surface area contributed by atoms with E-state index in [9.17, 15) is 14.7 Å². The molecule has 0 spiro atoms. The van der Waals surface area contributed by atoms with Crippen molar-refractivity contribution in [3.05, 3.63) is 83.6 Å². The Balaban J connectivity index is 1.27. The van der Waals surface area contributed by atoms with E-state index in [1.165, 1.54) is 6.07 Å². The second kappa shape index (κ2) is 13.9. The van der Waals surface area contributed by atoms with Gasteiger partial charge in [-0.05, 0) is 79.5 Å². The Morgan fingerprint density at radius 1 is 1.00 bits per heavy atom. The maximum atomic E-state index is 15.8. The van der Waals surface area contributed by atoms with Crippen LogP contribution in [0.3, 0.4) is 0 Å². The van der Waals surface area contributed by atoms with Crippen LogP contribution in [0.2, 0.25) is 0 Å². The molecule has 2 aromatic heterocycles. The first-order valence-corrected chi connectivity index (χ1v) is 15.8. The van der Waals surface area contributed by atoms with Gasteiger partial charge in [0.2, 0.25) is 5.91 Å². The zero-order chi connectivity index (χ0) is 32.9. The molecule has 47 heavy (non-hydrogen) atoms. The number of nitrogens with one attached hydrogen (secondary N) is 4. The minimum absolute atomic E-state index is 0.210. The van der Waals surface area contributed by atoms with E-state index in [0.717, 1.165) is 37.2 Å². The fraction of sp³-hybridized carbons (Fsp3) is 0.333. The Kier molecular flexibility index (Phi) is 9.37. The molecule has 0 radical (unpaired) electrons. The Labute approximate surface area is 272 Å². The van der Waals surface area contributed by atoms with Crippen molar-refractivity contribution in [2.45, 2.75) is 57.7 Å². The van der Waals surface area contributed by atoms with Crippen LogP contribution >= 0.6 is 0 Å². The fourth-order valence-corrected chi connectivity index (χ4v) is 6.21. The van der Waals surface area contributed by atoms with Gasteiger partial charge in [0.1, 0.15) is 29.2 Å². The average Bonchev–Trinajstić information content (AvgIpc) is 3.89. The van der Waals surface area contributed by atoms with Crippen LogP contribution in [0.25, 0.3) is 22.4 Å². The van der Waals surface area contributed by atoms with Crippen molar-refractivity contribution in [3.8, 4) is 46.1 Å². The number of carboxylic acid groups (broad SMARTS) is 1. The van der Waals surface area contributed by atoms with E-state index >= 15 is 4.39 Å². The highest BCUT2D eigenvalue weighted by molar-refractivity contribution is 5.86. The largest absolute Gasteiger partial charge is 0.465 e. The van der Waals surface area contributed by atoms with Gasteiger partial charge in [-0.1, -0.05) is 44.2 Å². The number of carbonyl (C=O) groups is 2. The van der Waals surface area contributed by atoms with Crippen molar-refractivity contribution in [1.82, 2.24) is 35.5 Å². The Morgan fingerprint density at radius 2 is 1.79 bits per heavy atom. The highest BCUT2D eigenvalue weighted by Crippen LogP contribution is 2.35. The number of aromatic amines is 2. The number of nitrogens with zero attached hydrogens (tertiary/aromatic N) is 3. The lowest BCUT2D eigenvalue weighted by Gasteiger charge is -2.29. The van der Waals surface area contributed by atoms with Crippen LogP contribution in [0.5, 0.6) is 0 Å². The van der Waals surface area contributed by atoms with Crippen molar-refractivity contribution in [1.29, 1.82) is 0 Å². The standard InChI is InChI=1S/C36H36FN7O3/c1-22(2)32(43-36(46)47)35(45)44-17-9-15-31(44)34-40-21-30(42-34)24-18-27(23-10-4-3-5-11-23)26(28(37)19-24)13-7-6-12-25-20-39-33(41-25)29-14-8-16-38-29/h3-5,10-11,18-22,29,31-32,38,43H,8-9,14-17H2,1-2H3,(H,39,41)(H,40,42)(H,46,47)/t29-,31-,32-/m0/s1. The van der Waals surface area contributed by atoms with Crippen LogP contribution < -0.4 is 10.6 Å². The molecule has 0 unspecified atom stereocenters. The number of hydrogen-bond acceptors (Lipinski definition) is 5. The van der Waals surface area contributed by atoms with Crippen molar-refractivity contribution < 1.29 is 19.1 Å². The third-order valence-electron chi connectivity index (χ3n) is 8.58. The van der Waals surface area contributed by atoms with Crippen molar-refractivity contribution in [2.24, 2.45) is 5.92 Å². The second-order valence-corrected chi connectivity index (χ2v) is 12.1. The molecule has 0 aliphatic carbocycles. The maximum absolute atomic E-state index is 15.8. The molecule has 4 heterocycles. The first-order chi connectivity index (χ1) is 22.8. The van der Waals surface area contributed by atoms with Gasteiger partial charge >= 0.3 is 6.09 Å². The van der Waals surface area contributed by atoms with E-state index in [1.54, 1.807) is 31.1 Å². The highest BCUT2D eigenvalue weighted by atomic mass is 19.1. The van der Waals surface area contributed by atoms with Gasteiger partial charge < -0.3 is 30.6 Å². The molecule has 240 valence electrons. The summed E-state index contributed by atoms with van der Waals surface area (Å²) in [5.74, 6) is 11.9. The lowest BCUT2D eigenvalue weighted by Crippen LogP contribution is -2.50. The van der Waals surface area contributed by atoms with E-state index in [1.807, 2.05) is 36.4 Å². The number of benzene rings is 2. The number of halogens is 1. The van der Waals surface area contributed by atoms with Gasteiger partial charge in [-0.25, -0.2) is 19.2 Å². The summed E-state index contributed by atoms with van der Waals surface area (Å²) in [5, 5.41) is 15.0. The number of carbonyl (C=O) groups excluding carboxylic acids is 1. The highest BCUT2D eigenvalue weighted by Gasteiger charge is 2.37. The zero-order valence-electron chi connectivity index (χ0n) is 26.2. The van der Waals surface area contributed by atoms with Crippen LogP contribution in [0.15, 0.2) is 54.9 Å². The third kappa shape index (κ3) is 7.06. The number of imidazole rings is 2. The van der Waals surface area contributed by atoms with Crippen LogP contribution in [0, 0.1) is 35.4 Å². The molecule has 2 aromatic carbocycles. The molecule has 2 fully saturated rings. The first-order valence-electron chi connectivity index (χ1n) is 15.8. The van der Waals surface area contributed by atoms with Gasteiger partial charge in [0.15, 0.2) is 0 Å². The lowest BCUT2D eigenvalue weighted by atomic mass is 9.96. The molecule has 2 aliphatic heterocycles. The van der Waals surface area contributed by atoms with Gasteiger partial charge in [-0.3, -0.25) is 4.79 Å². The SMILES string of the molecule is CC(C)[C@H](NC(=O)O)C(=O)N1CCC[C@H]1c1ncc(-c2cc(F)c(C#CC#Cc3cnc([C@@H]4CCCN4)[nH]3)c(-c3ccccc3)c2)[nH]1. The van der Waals surface area contributed by atoms with Gasteiger partial charge in [-0.2, -0.15) is 0 Å². The van der Waals surface area contributed by atoms with E-state index in [-0.39, 0.29) is 29.5 Å². The van der Waals surface area contributed by atoms with E-state index in [2.05, 4.69) is 54.3 Å². The summed E-state index contributed by atoms with van der Waals surface area (Å²) in [5.41, 5.74) is 3.45. The number of rotatable bonds is 7. The number of likely N-dealkylation sites (tertiary alicyclic amines) is 1. The van der Waals surface area contributed by atoms with E-state index in [4.69, 9.17) is 0 Å².